The average molecular weight is 445 g/mol. The molecule has 0 N–H and O–H groups in total. The molecule has 0 spiro atoms. The van der Waals surface area contributed by atoms with Crippen LogP contribution in [0.3, 0.4) is 0 Å². The molecule has 0 amide bonds. The molecule has 6 heteroatoms. The Morgan fingerprint density at radius 1 is 0.548 bits per heavy atom. The first-order valence-electron chi connectivity index (χ1n) is 12.4. The Hall–Kier alpha value is -1.14. The Kier molecular flexibility index (Phi) is 16.8. The molecule has 0 aromatic carbocycles. The second-order valence-corrected chi connectivity index (χ2v) is 9.78. The maximum Gasteiger partial charge on any atom is 0.342 e. The van der Waals surface area contributed by atoms with Gasteiger partial charge in [0.05, 0.1) is 0 Å². The molecule has 0 fully saturated rings. The lowest BCUT2D eigenvalue weighted by Crippen LogP contribution is -2.26. The van der Waals surface area contributed by atoms with E-state index in [0.717, 1.165) is 83.5 Å². The van der Waals surface area contributed by atoms with Crippen molar-refractivity contribution in [1.29, 1.82) is 0 Å². The Labute approximate surface area is 190 Å². The fourth-order valence-corrected chi connectivity index (χ4v) is 3.16. The largest absolute Gasteiger partial charge is 0.342 e. The topological polar surface area (TPSA) is 71.1 Å². The lowest BCUT2D eigenvalue weighted by atomic mass is 10.0. The van der Waals surface area contributed by atoms with Gasteiger partial charge in [-0.2, -0.15) is 9.78 Å². The van der Waals surface area contributed by atoms with Crippen molar-refractivity contribution in [3.63, 3.8) is 0 Å². The van der Waals surface area contributed by atoms with E-state index in [1.807, 2.05) is 27.7 Å². The third-order valence-corrected chi connectivity index (χ3v) is 5.25. The molecular formula is C25H48O6. The van der Waals surface area contributed by atoms with Gasteiger partial charge in [-0.05, 0) is 53.4 Å². The van der Waals surface area contributed by atoms with Crippen LogP contribution in [0.2, 0.25) is 0 Å². The van der Waals surface area contributed by atoms with E-state index >= 15 is 0 Å². The molecule has 0 radical (unpaired) electrons. The highest BCUT2D eigenvalue weighted by atomic mass is 17.2. The zero-order valence-electron chi connectivity index (χ0n) is 21.1. The van der Waals surface area contributed by atoms with Gasteiger partial charge in [-0.25, -0.2) is 9.59 Å². The van der Waals surface area contributed by atoms with Crippen molar-refractivity contribution < 1.29 is 29.1 Å². The van der Waals surface area contributed by atoms with Gasteiger partial charge in [-0.15, -0.1) is 0 Å². The molecule has 0 aliphatic rings. The zero-order valence-corrected chi connectivity index (χ0v) is 21.1. The van der Waals surface area contributed by atoms with Crippen molar-refractivity contribution in [2.45, 2.75) is 149 Å². The molecule has 0 atom stereocenters. The molecule has 6 nitrogen and oxygen atoms in total. The SMILES string of the molecule is CCCCCC(C)(C)OOC(=O)CCCCCCCC(=O)OOC(C)(C)CCCCC. The van der Waals surface area contributed by atoms with Gasteiger partial charge in [-0.1, -0.05) is 71.6 Å². The lowest BCUT2D eigenvalue weighted by molar-refractivity contribution is -0.326. The monoisotopic (exact) mass is 444 g/mol. The molecule has 0 saturated carbocycles. The lowest BCUT2D eigenvalue weighted by Gasteiger charge is -2.22. The number of carbonyl (C=O) groups is 2. The van der Waals surface area contributed by atoms with Crippen molar-refractivity contribution in [1.82, 2.24) is 0 Å². The average Bonchev–Trinajstić information content (AvgIpc) is 2.70. The van der Waals surface area contributed by atoms with Crippen molar-refractivity contribution in [3.05, 3.63) is 0 Å². The number of carbonyl (C=O) groups excluding carboxylic acids is 2. The number of unbranched alkanes of at least 4 members (excludes halogenated alkanes) is 8. The summed E-state index contributed by atoms with van der Waals surface area (Å²) in [4.78, 5) is 44.2. The molecule has 0 aromatic heterocycles. The summed E-state index contributed by atoms with van der Waals surface area (Å²) in [6.07, 6.45) is 13.5. The highest BCUT2D eigenvalue weighted by molar-refractivity contribution is 5.68. The molecule has 184 valence electrons. The van der Waals surface area contributed by atoms with Gasteiger partial charge in [0.25, 0.3) is 0 Å². The Bertz CT molecular complexity index is 431. The summed E-state index contributed by atoms with van der Waals surface area (Å²) >= 11 is 0. The van der Waals surface area contributed by atoms with Gasteiger partial charge in [0.2, 0.25) is 0 Å². The van der Waals surface area contributed by atoms with Gasteiger partial charge < -0.3 is 0 Å². The van der Waals surface area contributed by atoms with Crippen LogP contribution in [-0.2, 0) is 29.1 Å². The first-order chi connectivity index (χ1) is 14.6. The minimum atomic E-state index is -0.437. The van der Waals surface area contributed by atoms with Crippen LogP contribution in [-0.4, -0.2) is 23.1 Å². The normalized spacial score (nSPS) is 12.1. The molecule has 0 unspecified atom stereocenters. The molecule has 31 heavy (non-hydrogen) atoms. The second-order valence-electron chi connectivity index (χ2n) is 9.78. The standard InChI is InChI=1S/C25H48O6/c1-7-9-16-20-24(3,4)30-28-22(26)18-14-12-11-13-15-19-23(27)29-31-25(5,6)21-17-10-8-2/h7-21H2,1-6H3. The fourth-order valence-electron chi connectivity index (χ4n) is 3.16. The van der Waals surface area contributed by atoms with Crippen LogP contribution in [0.4, 0.5) is 0 Å². The van der Waals surface area contributed by atoms with E-state index < -0.39 is 11.2 Å². The van der Waals surface area contributed by atoms with E-state index in [2.05, 4.69) is 13.8 Å². The van der Waals surface area contributed by atoms with Crippen LogP contribution in [0.1, 0.15) is 138 Å². The van der Waals surface area contributed by atoms with E-state index in [1.54, 1.807) is 0 Å². The van der Waals surface area contributed by atoms with Gasteiger partial charge in [0, 0.05) is 12.8 Å². The third-order valence-electron chi connectivity index (χ3n) is 5.25. The predicted molar refractivity (Wildman–Crippen MR) is 123 cm³/mol. The van der Waals surface area contributed by atoms with Gasteiger partial charge in [0.15, 0.2) is 0 Å². The summed E-state index contributed by atoms with van der Waals surface area (Å²) in [5.74, 6) is -0.628. The van der Waals surface area contributed by atoms with Crippen molar-refractivity contribution in [2.75, 3.05) is 0 Å². The Balaban J connectivity index is 3.67. The molecule has 0 rings (SSSR count). The molecule has 0 heterocycles. The van der Waals surface area contributed by atoms with E-state index in [-0.39, 0.29) is 11.9 Å². The van der Waals surface area contributed by atoms with Gasteiger partial charge in [0.1, 0.15) is 11.2 Å². The molecule has 0 saturated heterocycles. The molecule has 0 aromatic rings. The highest BCUT2D eigenvalue weighted by Gasteiger charge is 2.22. The maximum absolute atomic E-state index is 11.8. The number of hydrogen-bond donors (Lipinski definition) is 0. The van der Waals surface area contributed by atoms with Crippen LogP contribution >= 0.6 is 0 Å². The summed E-state index contributed by atoms with van der Waals surface area (Å²) in [5.41, 5.74) is -0.873. The maximum atomic E-state index is 11.8. The van der Waals surface area contributed by atoms with Crippen molar-refractivity contribution >= 4 is 11.9 Å². The van der Waals surface area contributed by atoms with Gasteiger partial charge in [-0.3, -0.25) is 9.78 Å². The summed E-state index contributed by atoms with van der Waals surface area (Å²) in [6.45, 7) is 12.1. The quantitative estimate of drug-likeness (QED) is 0.111. The van der Waals surface area contributed by atoms with Crippen molar-refractivity contribution in [2.24, 2.45) is 0 Å². The molecular weight excluding hydrogens is 396 g/mol. The molecule has 0 bridgehead atoms. The van der Waals surface area contributed by atoms with E-state index in [0.29, 0.717) is 12.8 Å². The predicted octanol–water partition coefficient (Wildman–Crippen LogP) is 7.38. The molecule has 0 aliphatic heterocycles. The fraction of sp³-hybridized carbons (Fsp3) is 0.920. The van der Waals surface area contributed by atoms with E-state index in [4.69, 9.17) is 19.6 Å². The third kappa shape index (κ3) is 19.3. The first kappa shape index (κ1) is 29.9. The summed E-state index contributed by atoms with van der Waals surface area (Å²) in [6, 6.07) is 0. The van der Waals surface area contributed by atoms with Crippen LogP contribution in [0.5, 0.6) is 0 Å². The summed E-state index contributed by atoms with van der Waals surface area (Å²) in [7, 11) is 0. The first-order valence-corrected chi connectivity index (χ1v) is 12.4. The second kappa shape index (κ2) is 17.4. The van der Waals surface area contributed by atoms with Crippen molar-refractivity contribution in [3.8, 4) is 0 Å². The Morgan fingerprint density at radius 3 is 1.26 bits per heavy atom. The smallest absolute Gasteiger partial charge is 0.298 e. The highest BCUT2D eigenvalue weighted by Crippen LogP contribution is 2.20. The number of rotatable bonds is 20. The zero-order chi connectivity index (χ0) is 23.6. The van der Waals surface area contributed by atoms with Crippen LogP contribution in [0.25, 0.3) is 0 Å². The van der Waals surface area contributed by atoms with E-state index in [1.165, 1.54) is 0 Å². The summed E-state index contributed by atoms with van der Waals surface area (Å²) < 4.78 is 0. The summed E-state index contributed by atoms with van der Waals surface area (Å²) in [5, 5.41) is 0. The minimum absolute atomic E-state index is 0.314. The Morgan fingerprint density at radius 2 is 0.903 bits per heavy atom. The van der Waals surface area contributed by atoms with Crippen LogP contribution in [0, 0.1) is 0 Å². The van der Waals surface area contributed by atoms with Gasteiger partial charge >= 0.3 is 11.9 Å². The molecule has 0 aliphatic carbocycles. The van der Waals surface area contributed by atoms with Crippen LogP contribution < -0.4 is 0 Å². The minimum Gasteiger partial charge on any atom is -0.298 e. The van der Waals surface area contributed by atoms with E-state index in [9.17, 15) is 9.59 Å². The number of hydrogen-bond acceptors (Lipinski definition) is 6. The van der Waals surface area contributed by atoms with Crippen LogP contribution in [0.15, 0.2) is 0 Å².